The van der Waals surface area contributed by atoms with E-state index in [1.165, 1.54) is 32.1 Å². The molecule has 0 aromatic rings. The maximum atomic E-state index is 12.7. The predicted molar refractivity (Wildman–Crippen MR) is 269 cm³/mol. The molecule has 0 bridgehead atoms. The normalized spacial score (nSPS) is 15.2. The molecule has 0 aliphatic carbocycles. The van der Waals surface area contributed by atoms with E-state index >= 15 is 0 Å². The second-order valence-electron chi connectivity index (χ2n) is 17.1. The van der Waals surface area contributed by atoms with Gasteiger partial charge in [-0.2, -0.15) is 0 Å². The molecule has 3 unspecified atom stereocenters. The summed E-state index contributed by atoms with van der Waals surface area (Å²) in [4.78, 5) is 25.0. The van der Waals surface area contributed by atoms with Gasteiger partial charge in [0.25, 0.3) is 7.82 Å². The third-order valence-electron chi connectivity index (χ3n) is 9.93. The van der Waals surface area contributed by atoms with Crippen LogP contribution in [0.4, 0.5) is 0 Å². The molecule has 0 rings (SSSR count). The summed E-state index contributed by atoms with van der Waals surface area (Å²) in [6.45, 7) is 4.33. The van der Waals surface area contributed by atoms with Crippen molar-refractivity contribution >= 4 is 13.7 Å². The first-order valence-corrected chi connectivity index (χ1v) is 25.9. The lowest BCUT2D eigenvalue weighted by atomic mass is 10.1. The van der Waals surface area contributed by atoms with E-state index in [1.807, 2.05) is 27.2 Å². The van der Waals surface area contributed by atoms with Crippen molar-refractivity contribution in [2.75, 3.05) is 40.9 Å². The van der Waals surface area contributed by atoms with Gasteiger partial charge in [0, 0.05) is 6.42 Å². The summed E-state index contributed by atoms with van der Waals surface area (Å²) < 4.78 is 22.9. The molecule has 0 saturated carbocycles. The molecule has 0 aliphatic rings. The minimum atomic E-state index is -4.58. The fourth-order valence-corrected chi connectivity index (χ4v) is 6.79. The van der Waals surface area contributed by atoms with Gasteiger partial charge in [0.1, 0.15) is 13.2 Å². The monoisotopic (exact) mass is 895 g/mol. The number of quaternary nitrogens is 1. The second-order valence-corrected chi connectivity index (χ2v) is 18.5. The third-order valence-corrected chi connectivity index (χ3v) is 10.9. The summed E-state index contributed by atoms with van der Waals surface area (Å²) in [6.07, 6.45) is 66.2. The molecule has 0 radical (unpaired) electrons. The Kier molecular flexibility index (Phi) is 41.9. The van der Waals surface area contributed by atoms with Crippen molar-refractivity contribution in [3.63, 3.8) is 0 Å². The van der Waals surface area contributed by atoms with Crippen molar-refractivity contribution in [2.24, 2.45) is 0 Å². The summed E-state index contributed by atoms with van der Waals surface area (Å²) >= 11 is 0. The molecule has 3 atom stereocenters. The van der Waals surface area contributed by atoms with Crippen LogP contribution in [0, 0.1) is 0 Å². The second kappa shape index (κ2) is 44.1. The van der Waals surface area contributed by atoms with Gasteiger partial charge in [-0.05, 0) is 83.5 Å². The number of aliphatic hydroxyl groups excluding tert-OH is 1. The molecule has 0 aromatic heterocycles. The van der Waals surface area contributed by atoms with Gasteiger partial charge >= 0.3 is 0 Å². The smallest absolute Gasteiger partial charge is 0.268 e. The lowest BCUT2D eigenvalue weighted by Gasteiger charge is -2.29. The Hall–Kier alpha value is -3.10. The van der Waals surface area contributed by atoms with Gasteiger partial charge in [-0.15, -0.1) is 0 Å². The highest BCUT2D eigenvalue weighted by molar-refractivity contribution is 7.45. The number of unbranched alkanes of at least 4 members (excludes halogenated alkanes) is 11. The van der Waals surface area contributed by atoms with Crippen LogP contribution >= 0.6 is 7.82 Å². The van der Waals surface area contributed by atoms with Gasteiger partial charge < -0.3 is 28.8 Å². The standard InChI is InChI=1S/C54H91N2O6P/c1-6-8-10-12-13-14-15-16-17-18-19-20-21-22-23-24-25-26-27-28-29-30-31-32-33-34-35-36-37-38-39-40-41-42-43-44-46-48-54(58)55-52(53(57)47-45-11-9-7-2)51-62-63(59,60)61-50-49-56(3,4)5/h8,10,13-14,16-17,19-20,22-23,25-26,28-29,31-32,34-35,45,47,52-53,57H,6-7,9,11-12,15,18,21,24,27,30,33,36-44,46,48-51H2,1-5H3,(H-,55,58,59,60)/b10-8-,14-13-,17-16-,20-19-,23-22-,26-25-,29-28-,32-31-,35-34-,47-45+. The summed E-state index contributed by atoms with van der Waals surface area (Å²) in [5, 5.41) is 13.5. The Morgan fingerprint density at radius 3 is 1.40 bits per heavy atom. The number of likely N-dealkylation sites (N-methyl/N-ethyl adjacent to an activating group) is 1. The summed E-state index contributed by atoms with van der Waals surface area (Å²) in [5.74, 6) is -0.220. The number of hydrogen-bond donors (Lipinski definition) is 2. The molecule has 0 aliphatic heterocycles. The number of amides is 1. The maximum absolute atomic E-state index is 12.7. The lowest BCUT2D eigenvalue weighted by Crippen LogP contribution is -2.45. The van der Waals surface area contributed by atoms with E-state index in [0.29, 0.717) is 17.4 Å². The maximum Gasteiger partial charge on any atom is 0.268 e. The molecule has 0 fully saturated rings. The molecular formula is C54H91N2O6P. The summed E-state index contributed by atoms with van der Waals surface area (Å²) in [6, 6.07) is -0.893. The van der Waals surface area contributed by atoms with Crippen LogP contribution in [0.25, 0.3) is 0 Å². The Balaban J connectivity index is 3.94. The SMILES string of the molecule is CC/C=C\C/C=C\C/C=C\C/C=C\C/C=C\C/C=C\C/C=C\C/C=C\C/C=C\CCCCCCCCCCCC(=O)NC(COP(=O)([O-])OCC[N+](C)(C)C)C(O)/C=C/CCCC. The molecule has 0 aromatic carbocycles. The van der Waals surface area contributed by atoms with E-state index in [0.717, 1.165) is 109 Å². The summed E-state index contributed by atoms with van der Waals surface area (Å²) in [5.41, 5.74) is 0. The number of aliphatic hydroxyl groups is 1. The number of carbonyl (C=O) groups is 1. The number of hydrogen-bond acceptors (Lipinski definition) is 6. The van der Waals surface area contributed by atoms with Crippen LogP contribution in [0.2, 0.25) is 0 Å². The lowest BCUT2D eigenvalue weighted by molar-refractivity contribution is -0.870. The molecule has 0 heterocycles. The van der Waals surface area contributed by atoms with E-state index in [2.05, 4.69) is 129 Å². The topological polar surface area (TPSA) is 108 Å². The van der Waals surface area contributed by atoms with Crippen LogP contribution in [0.15, 0.2) is 122 Å². The van der Waals surface area contributed by atoms with Crippen molar-refractivity contribution in [3.8, 4) is 0 Å². The number of nitrogens with zero attached hydrogens (tertiary/aromatic N) is 1. The molecule has 9 heteroatoms. The molecule has 8 nitrogen and oxygen atoms in total. The molecular weight excluding hydrogens is 804 g/mol. The largest absolute Gasteiger partial charge is 0.756 e. The van der Waals surface area contributed by atoms with Crippen molar-refractivity contribution in [1.82, 2.24) is 5.32 Å². The van der Waals surface area contributed by atoms with Crippen LogP contribution in [-0.4, -0.2) is 68.5 Å². The number of phosphoric ester groups is 1. The Morgan fingerprint density at radius 2 is 0.968 bits per heavy atom. The zero-order valence-corrected chi connectivity index (χ0v) is 41.4. The van der Waals surface area contributed by atoms with Gasteiger partial charge in [-0.25, -0.2) is 0 Å². The predicted octanol–water partition coefficient (Wildman–Crippen LogP) is 13.6. The van der Waals surface area contributed by atoms with Gasteiger partial charge in [0.05, 0.1) is 39.9 Å². The Labute approximate surface area is 386 Å². The number of allylic oxidation sites excluding steroid dienone is 19. The molecule has 358 valence electrons. The molecule has 2 N–H and O–H groups in total. The fraction of sp³-hybridized carbons (Fsp3) is 0.611. The van der Waals surface area contributed by atoms with E-state index in [4.69, 9.17) is 9.05 Å². The highest BCUT2D eigenvalue weighted by Gasteiger charge is 2.23. The van der Waals surface area contributed by atoms with Gasteiger partial charge in [0.15, 0.2) is 0 Å². The number of nitrogens with one attached hydrogen (secondary N) is 1. The van der Waals surface area contributed by atoms with Crippen molar-refractivity contribution in [3.05, 3.63) is 122 Å². The third kappa shape index (κ3) is 46.7. The van der Waals surface area contributed by atoms with Crippen LogP contribution < -0.4 is 10.2 Å². The van der Waals surface area contributed by atoms with Crippen LogP contribution in [0.1, 0.15) is 162 Å². The Bertz CT molecular complexity index is 1430. The first-order chi connectivity index (χ1) is 30.5. The van der Waals surface area contributed by atoms with E-state index in [9.17, 15) is 19.4 Å². The van der Waals surface area contributed by atoms with Crippen molar-refractivity contribution in [2.45, 2.75) is 174 Å². The molecule has 0 saturated heterocycles. The Morgan fingerprint density at radius 1 is 0.571 bits per heavy atom. The van der Waals surface area contributed by atoms with Gasteiger partial charge in [0.2, 0.25) is 5.91 Å². The fourth-order valence-electron chi connectivity index (χ4n) is 6.07. The van der Waals surface area contributed by atoms with E-state index in [-0.39, 0.29) is 12.5 Å². The van der Waals surface area contributed by atoms with E-state index < -0.39 is 26.6 Å². The van der Waals surface area contributed by atoms with Gasteiger partial charge in [-0.3, -0.25) is 9.36 Å². The van der Waals surface area contributed by atoms with Gasteiger partial charge in [-0.1, -0.05) is 193 Å². The van der Waals surface area contributed by atoms with E-state index in [1.54, 1.807) is 6.08 Å². The average Bonchev–Trinajstić information content (AvgIpc) is 3.24. The van der Waals surface area contributed by atoms with Crippen LogP contribution in [0.3, 0.4) is 0 Å². The van der Waals surface area contributed by atoms with Crippen LogP contribution in [-0.2, 0) is 18.4 Å². The number of phosphoric acid groups is 1. The number of carbonyl (C=O) groups excluding carboxylic acids is 1. The molecule has 63 heavy (non-hydrogen) atoms. The highest BCUT2D eigenvalue weighted by atomic mass is 31.2. The first-order valence-electron chi connectivity index (χ1n) is 24.4. The zero-order chi connectivity index (χ0) is 46.4. The minimum Gasteiger partial charge on any atom is -0.756 e. The molecule has 0 spiro atoms. The zero-order valence-electron chi connectivity index (χ0n) is 40.5. The highest BCUT2D eigenvalue weighted by Crippen LogP contribution is 2.38. The van der Waals surface area contributed by atoms with Crippen molar-refractivity contribution < 1.29 is 32.9 Å². The average molecular weight is 895 g/mol. The van der Waals surface area contributed by atoms with Crippen LogP contribution in [0.5, 0.6) is 0 Å². The quantitative estimate of drug-likeness (QED) is 0.0273. The molecule has 1 amide bonds. The van der Waals surface area contributed by atoms with Crippen molar-refractivity contribution in [1.29, 1.82) is 0 Å². The first kappa shape index (κ1) is 59.9. The number of rotatable bonds is 42. The minimum absolute atomic E-state index is 0.00973. The summed E-state index contributed by atoms with van der Waals surface area (Å²) in [7, 11) is 1.23.